The molecular formula is C13H10FN4O2-. The van der Waals surface area contributed by atoms with Crippen molar-refractivity contribution in [3.05, 3.63) is 59.1 Å². The summed E-state index contributed by atoms with van der Waals surface area (Å²) >= 11 is 0. The molecule has 1 atom stereocenters. The third-order valence-corrected chi connectivity index (χ3v) is 3.12. The number of H-pyrrole nitrogens is 1. The molecule has 7 heteroatoms. The Morgan fingerprint density at radius 3 is 3.00 bits per heavy atom. The molecule has 3 rings (SSSR count). The van der Waals surface area contributed by atoms with Crippen molar-refractivity contribution < 1.29 is 9.50 Å². The largest absolute Gasteiger partial charge is 0.761 e. The molecule has 0 spiro atoms. The predicted molar refractivity (Wildman–Crippen MR) is 71.3 cm³/mol. The van der Waals surface area contributed by atoms with Crippen LogP contribution in [0.1, 0.15) is 17.2 Å². The zero-order valence-corrected chi connectivity index (χ0v) is 10.2. The van der Waals surface area contributed by atoms with Crippen molar-refractivity contribution in [2.45, 2.75) is 6.10 Å². The summed E-state index contributed by atoms with van der Waals surface area (Å²) in [4.78, 5) is 10.8. The van der Waals surface area contributed by atoms with Crippen LogP contribution in [0.25, 0.3) is 11.0 Å². The van der Waals surface area contributed by atoms with E-state index in [0.717, 1.165) is 0 Å². The van der Waals surface area contributed by atoms with Gasteiger partial charge in [0.25, 0.3) is 0 Å². The number of aliphatic hydroxyl groups excluding tert-OH is 1. The number of aliphatic hydroxyl groups is 1. The molecule has 2 aromatic heterocycles. The molecular weight excluding hydrogens is 263 g/mol. The van der Waals surface area contributed by atoms with Crippen LogP contribution < -0.4 is 5.48 Å². The highest BCUT2D eigenvalue weighted by Gasteiger charge is 2.20. The maximum absolute atomic E-state index is 14.1. The average Bonchev–Trinajstić information content (AvgIpc) is 2.91. The monoisotopic (exact) mass is 273 g/mol. The van der Waals surface area contributed by atoms with Gasteiger partial charge in [0.05, 0.1) is 5.69 Å². The SMILES string of the molecule is [O-]Nc1cccc(C(O)c2c[nH]c3ncncc23)c1F. The Labute approximate surface area is 112 Å². The number of fused-ring (bicyclic) bond motifs is 1. The van der Waals surface area contributed by atoms with E-state index in [1.54, 1.807) is 6.20 Å². The van der Waals surface area contributed by atoms with E-state index < -0.39 is 11.9 Å². The molecule has 0 aliphatic rings. The van der Waals surface area contributed by atoms with Gasteiger partial charge >= 0.3 is 0 Å². The summed E-state index contributed by atoms with van der Waals surface area (Å²) < 4.78 is 14.1. The van der Waals surface area contributed by atoms with Crippen molar-refractivity contribution >= 4 is 16.7 Å². The standard InChI is InChI=1S/C13H10FN4O2/c14-11-7(2-1-3-10(11)18-20)12(19)8-5-16-13-9(8)4-15-6-17-13/h1-6,12,18-19H,(H,15,16,17)/q-1. The van der Waals surface area contributed by atoms with Gasteiger partial charge in [0.1, 0.15) is 18.1 Å². The highest BCUT2D eigenvalue weighted by molar-refractivity contribution is 5.79. The number of hydrogen-bond donors (Lipinski definition) is 3. The molecule has 1 aromatic carbocycles. The molecule has 3 aromatic rings. The summed E-state index contributed by atoms with van der Waals surface area (Å²) in [6.07, 6.45) is 3.23. The Balaban J connectivity index is 2.11. The molecule has 0 saturated carbocycles. The normalized spacial score (nSPS) is 12.6. The number of rotatable bonds is 3. The molecule has 1 unspecified atom stereocenters. The van der Waals surface area contributed by atoms with Crippen LogP contribution in [0.3, 0.4) is 0 Å². The van der Waals surface area contributed by atoms with E-state index >= 15 is 0 Å². The molecule has 2 heterocycles. The molecule has 102 valence electrons. The van der Waals surface area contributed by atoms with Gasteiger partial charge in [-0.05, 0) is 6.07 Å². The lowest BCUT2D eigenvalue weighted by atomic mass is 10.0. The van der Waals surface area contributed by atoms with Crippen molar-refractivity contribution in [1.29, 1.82) is 0 Å². The van der Waals surface area contributed by atoms with Crippen molar-refractivity contribution in [2.24, 2.45) is 0 Å². The lowest BCUT2D eigenvalue weighted by molar-refractivity contribution is 0.216. The Morgan fingerprint density at radius 1 is 1.35 bits per heavy atom. The fourth-order valence-corrected chi connectivity index (χ4v) is 2.11. The van der Waals surface area contributed by atoms with E-state index in [2.05, 4.69) is 15.0 Å². The zero-order valence-electron chi connectivity index (χ0n) is 10.2. The molecule has 0 fully saturated rings. The summed E-state index contributed by atoms with van der Waals surface area (Å²) in [6.45, 7) is 0. The molecule has 0 saturated heterocycles. The maximum atomic E-state index is 14.1. The molecule has 0 aliphatic heterocycles. The number of anilines is 1. The van der Waals surface area contributed by atoms with Gasteiger partial charge in [-0.25, -0.2) is 14.4 Å². The average molecular weight is 273 g/mol. The van der Waals surface area contributed by atoms with Crippen molar-refractivity contribution in [3.63, 3.8) is 0 Å². The molecule has 0 radical (unpaired) electrons. The zero-order chi connectivity index (χ0) is 14.1. The van der Waals surface area contributed by atoms with E-state index in [1.807, 2.05) is 0 Å². The molecule has 20 heavy (non-hydrogen) atoms. The first-order valence-corrected chi connectivity index (χ1v) is 5.84. The van der Waals surface area contributed by atoms with Crippen molar-refractivity contribution in [1.82, 2.24) is 15.0 Å². The number of aromatic nitrogens is 3. The predicted octanol–water partition coefficient (Wildman–Crippen LogP) is 2.09. The van der Waals surface area contributed by atoms with Crippen LogP contribution in [0.5, 0.6) is 0 Å². The molecule has 3 N–H and O–H groups in total. The number of halogens is 1. The van der Waals surface area contributed by atoms with Gasteiger partial charge in [0.15, 0.2) is 5.82 Å². The summed E-state index contributed by atoms with van der Waals surface area (Å²) in [5.74, 6) is -0.777. The van der Waals surface area contributed by atoms with Gasteiger partial charge in [-0.2, -0.15) is 0 Å². The lowest BCUT2D eigenvalue weighted by Crippen LogP contribution is -2.04. The number of nitrogens with zero attached hydrogens (tertiary/aromatic N) is 2. The van der Waals surface area contributed by atoms with Gasteiger partial charge < -0.3 is 20.8 Å². The molecule has 6 nitrogen and oxygen atoms in total. The van der Waals surface area contributed by atoms with Crippen LogP contribution in [0.2, 0.25) is 0 Å². The summed E-state index contributed by atoms with van der Waals surface area (Å²) in [5.41, 5.74) is 2.30. The first-order valence-electron chi connectivity index (χ1n) is 5.84. The number of benzene rings is 1. The molecule has 0 aliphatic carbocycles. The minimum Gasteiger partial charge on any atom is -0.761 e. The van der Waals surface area contributed by atoms with Crippen LogP contribution >= 0.6 is 0 Å². The number of hydrogen-bond acceptors (Lipinski definition) is 5. The van der Waals surface area contributed by atoms with Gasteiger partial charge in [-0.15, -0.1) is 0 Å². The van der Waals surface area contributed by atoms with Crippen molar-refractivity contribution in [3.8, 4) is 0 Å². The fourth-order valence-electron chi connectivity index (χ4n) is 2.11. The highest BCUT2D eigenvalue weighted by atomic mass is 19.1. The lowest BCUT2D eigenvalue weighted by Gasteiger charge is -2.16. The van der Waals surface area contributed by atoms with E-state index in [0.29, 0.717) is 16.6 Å². The number of nitrogens with one attached hydrogen (secondary N) is 2. The van der Waals surface area contributed by atoms with Crippen molar-refractivity contribution in [2.75, 3.05) is 5.48 Å². The first-order chi connectivity index (χ1) is 9.72. The summed E-state index contributed by atoms with van der Waals surface area (Å²) in [5, 5.41) is 21.6. The van der Waals surface area contributed by atoms with Crippen LogP contribution in [0, 0.1) is 11.0 Å². The second-order valence-corrected chi connectivity index (χ2v) is 4.24. The summed E-state index contributed by atoms with van der Waals surface area (Å²) in [7, 11) is 0. The highest BCUT2D eigenvalue weighted by Crippen LogP contribution is 2.31. The fraction of sp³-hybridized carbons (Fsp3) is 0.0769. The second kappa shape index (κ2) is 4.87. The van der Waals surface area contributed by atoms with E-state index in [9.17, 15) is 14.7 Å². The topological polar surface area (TPSA) is 96.9 Å². The smallest absolute Gasteiger partial charge is 0.151 e. The number of aromatic amines is 1. The van der Waals surface area contributed by atoms with Crippen LogP contribution in [-0.4, -0.2) is 20.1 Å². The maximum Gasteiger partial charge on any atom is 0.151 e. The van der Waals surface area contributed by atoms with Crippen LogP contribution in [-0.2, 0) is 0 Å². The first kappa shape index (κ1) is 12.5. The summed E-state index contributed by atoms with van der Waals surface area (Å²) in [6, 6.07) is 4.22. The van der Waals surface area contributed by atoms with E-state index in [-0.39, 0.29) is 11.3 Å². The Kier molecular flexibility index (Phi) is 3.05. The minimum atomic E-state index is -1.22. The van der Waals surface area contributed by atoms with Gasteiger partial charge in [0, 0.05) is 28.9 Å². The third kappa shape index (κ3) is 1.89. The third-order valence-electron chi connectivity index (χ3n) is 3.12. The van der Waals surface area contributed by atoms with Crippen LogP contribution in [0.15, 0.2) is 36.9 Å². The minimum absolute atomic E-state index is 0.00982. The van der Waals surface area contributed by atoms with Gasteiger partial charge in [-0.3, -0.25) is 0 Å². The molecule has 0 bridgehead atoms. The quantitative estimate of drug-likeness (QED) is 0.635. The Morgan fingerprint density at radius 2 is 2.20 bits per heavy atom. The van der Waals surface area contributed by atoms with Gasteiger partial charge in [-0.1, -0.05) is 12.1 Å². The Bertz CT molecular complexity index is 759. The Hall–Kier alpha value is -2.51. The van der Waals surface area contributed by atoms with E-state index in [4.69, 9.17) is 0 Å². The van der Waals surface area contributed by atoms with E-state index in [1.165, 1.54) is 36.2 Å². The second-order valence-electron chi connectivity index (χ2n) is 4.24. The van der Waals surface area contributed by atoms with Gasteiger partial charge in [0.2, 0.25) is 0 Å². The van der Waals surface area contributed by atoms with Crippen LogP contribution in [0.4, 0.5) is 10.1 Å². The molecule has 0 amide bonds.